The molecule has 0 fully saturated rings. The molecule has 0 aliphatic rings. The van der Waals surface area contributed by atoms with Gasteiger partial charge in [-0.25, -0.2) is 4.79 Å². The quantitative estimate of drug-likeness (QED) is 0.774. The van der Waals surface area contributed by atoms with Crippen LogP contribution in [0.5, 0.6) is 0 Å². The van der Waals surface area contributed by atoms with Gasteiger partial charge in [-0.05, 0) is 48.1 Å². The van der Waals surface area contributed by atoms with E-state index in [4.69, 9.17) is 9.84 Å². The van der Waals surface area contributed by atoms with Gasteiger partial charge in [-0.15, -0.1) is 11.3 Å². The number of benzene rings is 1. The zero-order valence-corrected chi connectivity index (χ0v) is 13.7. The lowest BCUT2D eigenvalue weighted by atomic mass is 10.1. The van der Waals surface area contributed by atoms with Crippen LogP contribution in [0.4, 0.5) is 5.69 Å². The van der Waals surface area contributed by atoms with Gasteiger partial charge in [0.1, 0.15) is 0 Å². The molecule has 1 aromatic carbocycles. The number of hydrogen-bond acceptors (Lipinski definition) is 4. The summed E-state index contributed by atoms with van der Waals surface area (Å²) in [4.78, 5) is 24.4. The molecule has 2 N–H and O–H groups in total. The van der Waals surface area contributed by atoms with Gasteiger partial charge in [-0.2, -0.15) is 0 Å². The molecule has 0 aliphatic carbocycles. The maximum atomic E-state index is 12.0. The predicted octanol–water partition coefficient (Wildman–Crippen LogP) is 3.55. The Balaban J connectivity index is 1.94. The SMILES string of the molecule is COCc1cc(NC(=O)CCCc2cccs2)cc(C(=O)O)c1. The third kappa shape index (κ3) is 5.50. The van der Waals surface area contributed by atoms with Gasteiger partial charge < -0.3 is 15.2 Å². The van der Waals surface area contributed by atoms with Crippen molar-refractivity contribution in [2.75, 3.05) is 12.4 Å². The molecule has 0 saturated carbocycles. The molecule has 0 radical (unpaired) electrons. The molecule has 23 heavy (non-hydrogen) atoms. The molecular formula is C17H19NO4S. The molecule has 2 aromatic rings. The van der Waals surface area contributed by atoms with E-state index >= 15 is 0 Å². The Morgan fingerprint density at radius 2 is 2.13 bits per heavy atom. The second-order valence-corrected chi connectivity index (χ2v) is 6.17. The minimum Gasteiger partial charge on any atom is -0.478 e. The molecule has 1 heterocycles. The first-order valence-electron chi connectivity index (χ1n) is 7.27. The van der Waals surface area contributed by atoms with Crippen molar-refractivity contribution in [2.45, 2.75) is 25.9 Å². The van der Waals surface area contributed by atoms with Crippen molar-refractivity contribution in [2.24, 2.45) is 0 Å². The monoisotopic (exact) mass is 333 g/mol. The number of amides is 1. The van der Waals surface area contributed by atoms with Crippen LogP contribution >= 0.6 is 11.3 Å². The smallest absolute Gasteiger partial charge is 0.335 e. The highest BCUT2D eigenvalue weighted by molar-refractivity contribution is 7.09. The average Bonchev–Trinajstić information content (AvgIpc) is 3.00. The van der Waals surface area contributed by atoms with Gasteiger partial charge in [0.05, 0.1) is 12.2 Å². The van der Waals surface area contributed by atoms with E-state index in [1.807, 2.05) is 11.4 Å². The van der Waals surface area contributed by atoms with E-state index in [1.165, 1.54) is 24.1 Å². The number of aromatic carboxylic acids is 1. The number of ether oxygens (including phenoxy) is 1. The Bertz CT molecular complexity index is 667. The van der Waals surface area contributed by atoms with Gasteiger partial charge in [-0.1, -0.05) is 6.07 Å². The highest BCUT2D eigenvalue weighted by atomic mass is 32.1. The maximum absolute atomic E-state index is 12.0. The first-order valence-corrected chi connectivity index (χ1v) is 8.15. The van der Waals surface area contributed by atoms with E-state index in [1.54, 1.807) is 17.4 Å². The second-order valence-electron chi connectivity index (χ2n) is 5.14. The Labute approximate surface area is 138 Å². The van der Waals surface area contributed by atoms with Gasteiger partial charge >= 0.3 is 5.97 Å². The lowest BCUT2D eigenvalue weighted by molar-refractivity contribution is -0.116. The van der Waals surface area contributed by atoms with Crippen molar-refractivity contribution >= 4 is 28.9 Å². The van der Waals surface area contributed by atoms with E-state index in [2.05, 4.69) is 11.4 Å². The fourth-order valence-electron chi connectivity index (χ4n) is 2.24. The van der Waals surface area contributed by atoms with Crippen molar-refractivity contribution in [3.63, 3.8) is 0 Å². The summed E-state index contributed by atoms with van der Waals surface area (Å²) in [6.45, 7) is 0.294. The molecule has 6 heteroatoms. The summed E-state index contributed by atoms with van der Waals surface area (Å²) in [5.74, 6) is -1.15. The van der Waals surface area contributed by atoms with Crippen molar-refractivity contribution in [1.82, 2.24) is 0 Å². The third-order valence-corrected chi connectivity index (χ3v) is 4.18. The van der Waals surface area contributed by atoms with Crippen LogP contribution in [0.15, 0.2) is 35.7 Å². The molecule has 0 saturated heterocycles. The van der Waals surface area contributed by atoms with Crippen LogP contribution in [-0.4, -0.2) is 24.1 Å². The number of carboxylic acid groups (broad SMARTS) is 1. The zero-order chi connectivity index (χ0) is 16.7. The molecule has 0 spiro atoms. The highest BCUT2D eigenvalue weighted by Crippen LogP contribution is 2.17. The summed E-state index contributed by atoms with van der Waals surface area (Å²) in [5, 5.41) is 13.9. The number of nitrogens with one attached hydrogen (secondary N) is 1. The Hall–Kier alpha value is -2.18. The fourth-order valence-corrected chi connectivity index (χ4v) is 2.99. The molecular weight excluding hydrogens is 314 g/mol. The van der Waals surface area contributed by atoms with Crippen LogP contribution in [0.2, 0.25) is 0 Å². The number of carboxylic acids is 1. The summed E-state index contributed by atoms with van der Waals surface area (Å²) < 4.78 is 5.02. The number of carbonyl (C=O) groups excluding carboxylic acids is 1. The number of aryl methyl sites for hydroxylation is 1. The maximum Gasteiger partial charge on any atom is 0.335 e. The van der Waals surface area contributed by atoms with Crippen LogP contribution in [0.3, 0.4) is 0 Å². The molecule has 0 bridgehead atoms. The first-order chi connectivity index (χ1) is 11.1. The summed E-state index contributed by atoms with van der Waals surface area (Å²) >= 11 is 1.68. The van der Waals surface area contributed by atoms with Crippen LogP contribution in [-0.2, 0) is 22.6 Å². The van der Waals surface area contributed by atoms with E-state index < -0.39 is 5.97 Å². The standard InChI is InChI=1S/C17H19NO4S/c1-22-11-12-8-13(17(20)21)10-14(9-12)18-16(19)6-2-4-15-5-3-7-23-15/h3,5,7-10H,2,4,6,11H2,1H3,(H,18,19)(H,20,21). The van der Waals surface area contributed by atoms with Gasteiger partial charge in [0, 0.05) is 24.1 Å². The third-order valence-electron chi connectivity index (χ3n) is 3.24. The molecule has 1 amide bonds. The largest absolute Gasteiger partial charge is 0.478 e. The first kappa shape index (κ1) is 17.2. The fraction of sp³-hybridized carbons (Fsp3) is 0.294. The van der Waals surface area contributed by atoms with Crippen molar-refractivity contribution in [1.29, 1.82) is 0 Å². The van der Waals surface area contributed by atoms with Crippen LogP contribution in [0.25, 0.3) is 0 Å². The number of carbonyl (C=O) groups is 2. The van der Waals surface area contributed by atoms with Gasteiger partial charge in [0.15, 0.2) is 0 Å². The minimum absolute atomic E-state index is 0.118. The number of hydrogen-bond donors (Lipinski definition) is 2. The topological polar surface area (TPSA) is 75.6 Å². The van der Waals surface area contributed by atoms with Crippen LogP contribution < -0.4 is 5.32 Å². The van der Waals surface area contributed by atoms with Gasteiger partial charge in [-0.3, -0.25) is 4.79 Å². The van der Waals surface area contributed by atoms with Gasteiger partial charge in [0.25, 0.3) is 0 Å². The van der Waals surface area contributed by atoms with Crippen molar-refractivity contribution in [3.05, 3.63) is 51.7 Å². The van der Waals surface area contributed by atoms with E-state index in [-0.39, 0.29) is 11.5 Å². The lowest BCUT2D eigenvalue weighted by Gasteiger charge is -2.09. The summed E-state index contributed by atoms with van der Waals surface area (Å²) in [5.41, 5.74) is 1.33. The number of thiophene rings is 1. The summed E-state index contributed by atoms with van der Waals surface area (Å²) in [6.07, 6.45) is 2.03. The normalized spacial score (nSPS) is 10.5. The number of anilines is 1. The van der Waals surface area contributed by atoms with Crippen molar-refractivity contribution in [3.8, 4) is 0 Å². The Morgan fingerprint density at radius 3 is 2.78 bits per heavy atom. The van der Waals surface area contributed by atoms with Gasteiger partial charge in [0.2, 0.25) is 5.91 Å². The summed E-state index contributed by atoms with van der Waals surface area (Å²) in [7, 11) is 1.54. The number of rotatable bonds is 8. The second kappa shape index (κ2) is 8.45. The molecule has 5 nitrogen and oxygen atoms in total. The molecule has 1 aromatic heterocycles. The molecule has 2 rings (SSSR count). The Kier molecular flexibility index (Phi) is 6.31. The van der Waals surface area contributed by atoms with E-state index in [0.717, 1.165) is 12.8 Å². The van der Waals surface area contributed by atoms with Crippen LogP contribution in [0, 0.1) is 0 Å². The van der Waals surface area contributed by atoms with E-state index in [0.29, 0.717) is 24.3 Å². The molecule has 0 unspecified atom stereocenters. The molecule has 0 aliphatic heterocycles. The Morgan fingerprint density at radius 1 is 1.30 bits per heavy atom. The highest BCUT2D eigenvalue weighted by Gasteiger charge is 2.09. The molecule has 0 atom stereocenters. The predicted molar refractivity (Wildman–Crippen MR) is 90.0 cm³/mol. The van der Waals surface area contributed by atoms with Crippen LogP contribution in [0.1, 0.15) is 33.6 Å². The molecule has 122 valence electrons. The summed E-state index contributed by atoms with van der Waals surface area (Å²) in [6, 6.07) is 8.77. The number of methoxy groups -OCH3 is 1. The lowest BCUT2D eigenvalue weighted by Crippen LogP contribution is -2.12. The van der Waals surface area contributed by atoms with E-state index in [9.17, 15) is 9.59 Å². The average molecular weight is 333 g/mol. The van der Waals surface area contributed by atoms with Crippen molar-refractivity contribution < 1.29 is 19.4 Å². The minimum atomic E-state index is -1.03. The zero-order valence-electron chi connectivity index (χ0n) is 12.9.